The molecule has 4 unspecified atom stereocenters. The van der Waals surface area contributed by atoms with Gasteiger partial charge in [-0.15, -0.1) is 31.4 Å². The van der Waals surface area contributed by atoms with Gasteiger partial charge in [-0.1, -0.05) is 20.8 Å². The summed E-state index contributed by atoms with van der Waals surface area (Å²) in [6, 6.07) is -1.93. The first-order valence-corrected chi connectivity index (χ1v) is 24.0. The van der Waals surface area contributed by atoms with Gasteiger partial charge in [-0.05, 0) is 95.1 Å². The lowest BCUT2D eigenvalue weighted by Crippen LogP contribution is -2.28. The Morgan fingerprint density at radius 3 is 1.90 bits per heavy atom. The van der Waals surface area contributed by atoms with Gasteiger partial charge >= 0.3 is 12.1 Å². The largest absolute Gasteiger partial charge is 0.481 e. The van der Waals surface area contributed by atoms with Gasteiger partial charge < -0.3 is 30.2 Å². The Morgan fingerprint density at radius 1 is 0.917 bits per heavy atom. The molecule has 2 aliphatic carbocycles. The van der Waals surface area contributed by atoms with Crippen LogP contribution in [0.4, 0.5) is 21.0 Å². The number of rotatable bonds is 11. The average molecular weight is 905 g/mol. The van der Waals surface area contributed by atoms with E-state index in [2.05, 4.69) is 29.3 Å². The van der Waals surface area contributed by atoms with E-state index < -0.39 is 43.1 Å². The van der Waals surface area contributed by atoms with E-state index >= 15 is 0 Å². The highest BCUT2D eigenvalue weighted by atomic mass is 32.2. The van der Waals surface area contributed by atoms with Crippen molar-refractivity contribution in [2.24, 2.45) is 32.0 Å². The lowest BCUT2D eigenvalue weighted by molar-refractivity contribution is 0.0777. The molecule has 18 nitrogen and oxygen atoms in total. The van der Waals surface area contributed by atoms with Crippen molar-refractivity contribution in [1.29, 1.82) is 0 Å². The van der Waals surface area contributed by atoms with Gasteiger partial charge in [0.25, 0.3) is 5.56 Å². The number of fused-ring (bicyclic) bond motifs is 2. The zero-order chi connectivity index (χ0) is 44.3. The third-order valence-corrected chi connectivity index (χ3v) is 16.9. The minimum Gasteiger partial charge on any atom is -0.481 e. The molecule has 4 atom stereocenters. The number of hydrogen-bond acceptors (Lipinski definition) is 13. The molecule has 22 heteroatoms. The number of aromatic nitrogens is 4. The van der Waals surface area contributed by atoms with Gasteiger partial charge in [-0.3, -0.25) is 4.79 Å². The molecule has 2 aliphatic rings. The molecule has 4 amide bonds. The molecule has 8 N–H and O–H groups in total. The number of carbonyl (C=O) groups excluding carboxylic acids is 2. The van der Waals surface area contributed by atoms with Crippen LogP contribution in [-0.4, -0.2) is 57.3 Å². The highest BCUT2D eigenvalue weighted by molar-refractivity contribution is 7.94. The monoisotopic (exact) mass is 904 g/mol. The van der Waals surface area contributed by atoms with Gasteiger partial charge in [0.2, 0.25) is 5.88 Å². The van der Waals surface area contributed by atoms with Crippen molar-refractivity contribution in [3.8, 4) is 5.88 Å². The number of amides is 4. The first-order chi connectivity index (χ1) is 27.8. The van der Waals surface area contributed by atoms with E-state index in [-0.39, 0.29) is 41.7 Å². The molecule has 4 aromatic heterocycles. The van der Waals surface area contributed by atoms with Crippen LogP contribution in [0.3, 0.4) is 0 Å². The Hall–Kier alpha value is -4.16. The van der Waals surface area contributed by atoms with E-state index in [1.807, 2.05) is 20.8 Å². The number of nitrogens with one attached hydrogen (secondary N) is 2. The third-order valence-electron chi connectivity index (χ3n) is 10.5. The zero-order valence-corrected chi connectivity index (χ0v) is 38.2. The minimum atomic E-state index is -3.76. The second kappa shape index (κ2) is 16.6. The number of ether oxygens (including phenoxy) is 1. The maximum absolute atomic E-state index is 13.9. The van der Waals surface area contributed by atoms with Crippen molar-refractivity contribution in [3.05, 3.63) is 66.4 Å². The highest BCUT2D eigenvalue weighted by Crippen LogP contribution is 2.45. The summed E-state index contributed by atoms with van der Waals surface area (Å²) in [5, 5.41) is 39.0. The zero-order valence-electron chi connectivity index (χ0n) is 34.9. The van der Waals surface area contributed by atoms with Crippen LogP contribution in [0.1, 0.15) is 117 Å². The van der Waals surface area contributed by atoms with Crippen molar-refractivity contribution in [1.82, 2.24) is 19.5 Å². The Labute approximate surface area is 357 Å². The van der Waals surface area contributed by atoms with Crippen LogP contribution in [0, 0.1) is 5.92 Å². The van der Waals surface area contributed by atoms with Gasteiger partial charge in [0.1, 0.15) is 29.6 Å². The number of thiazole rings is 2. The fourth-order valence-corrected chi connectivity index (χ4v) is 11.9. The van der Waals surface area contributed by atoms with Gasteiger partial charge in [-0.25, -0.2) is 43.2 Å². The highest BCUT2D eigenvalue weighted by Gasteiger charge is 2.35. The van der Waals surface area contributed by atoms with Crippen LogP contribution in [0.2, 0.25) is 0 Å². The molecule has 0 spiro atoms. The first-order valence-electron chi connectivity index (χ1n) is 19.3. The molecule has 326 valence electrons. The van der Waals surface area contributed by atoms with Gasteiger partial charge in [-0.2, -0.15) is 0 Å². The number of anilines is 2. The topological polar surface area (TPSA) is 279 Å². The van der Waals surface area contributed by atoms with Crippen LogP contribution < -0.4 is 31.2 Å². The summed E-state index contributed by atoms with van der Waals surface area (Å²) in [5.74, 6) is -0.320. The van der Waals surface area contributed by atoms with Crippen molar-refractivity contribution in [2.75, 3.05) is 17.7 Å². The smallest absolute Gasteiger partial charge is 0.354 e. The Balaban J connectivity index is 1.31. The van der Waals surface area contributed by atoms with Gasteiger partial charge in [0.05, 0.1) is 30.9 Å². The van der Waals surface area contributed by atoms with Crippen LogP contribution in [-0.2, 0) is 63.8 Å². The molecular weight excluding hydrogens is 853 g/mol. The maximum Gasteiger partial charge on any atom is 0.354 e. The van der Waals surface area contributed by atoms with Crippen LogP contribution in [0.5, 0.6) is 5.88 Å². The number of aliphatic hydroxyl groups is 2. The van der Waals surface area contributed by atoms with Crippen molar-refractivity contribution in [2.45, 2.75) is 118 Å². The molecule has 0 saturated carbocycles. The fraction of sp³-hybridized carbons (Fsp3) is 0.526. The molecule has 0 aliphatic heterocycles. The van der Waals surface area contributed by atoms with Gasteiger partial charge in [0, 0.05) is 29.6 Å². The van der Waals surface area contributed by atoms with Crippen LogP contribution in [0.25, 0.3) is 0 Å². The molecule has 0 saturated heterocycles. The maximum atomic E-state index is 13.9. The molecule has 4 aromatic rings. The van der Waals surface area contributed by atoms with E-state index in [0.29, 0.717) is 60.5 Å². The Kier molecular flexibility index (Phi) is 12.6. The summed E-state index contributed by atoms with van der Waals surface area (Å²) in [4.78, 5) is 54.0. The summed E-state index contributed by atoms with van der Waals surface area (Å²) < 4.78 is 42.2. The van der Waals surface area contributed by atoms with Crippen molar-refractivity contribution in [3.63, 3.8) is 0 Å². The average Bonchev–Trinajstić information content (AvgIpc) is 3.95. The number of nitrogens with zero attached hydrogens (tertiary/aromatic N) is 6. The number of carbonyl (C=O) groups is 2. The number of urea groups is 2. The van der Waals surface area contributed by atoms with Gasteiger partial charge in [0.15, 0.2) is 19.8 Å². The lowest BCUT2D eigenvalue weighted by Gasteiger charge is -2.24. The van der Waals surface area contributed by atoms with E-state index in [1.54, 1.807) is 11.6 Å². The summed E-state index contributed by atoms with van der Waals surface area (Å²) in [6.45, 7) is 11.8. The van der Waals surface area contributed by atoms with E-state index in [1.165, 1.54) is 47.2 Å². The second-order valence-electron chi connectivity index (χ2n) is 16.6. The molecule has 6 rings (SSSR count). The summed E-state index contributed by atoms with van der Waals surface area (Å²) >= 11 is 1.80. The minimum absolute atomic E-state index is 0.0139. The number of aryl methyl sites for hydroxylation is 1. The van der Waals surface area contributed by atoms with Crippen molar-refractivity contribution < 1.29 is 33.0 Å². The normalized spacial score (nSPS) is 17.7. The Morgan fingerprint density at radius 2 is 1.43 bits per heavy atom. The first kappa shape index (κ1) is 45.4. The number of hydrogen-bond donors (Lipinski definition) is 6. The van der Waals surface area contributed by atoms with Crippen molar-refractivity contribution >= 4 is 65.9 Å². The number of methoxy groups -OCH3 is 1. The summed E-state index contributed by atoms with van der Waals surface area (Å²) in [6.07, 6.45) is 6.05. The third kappa shape index (κ3) is 9.20. The molecule has 60 heavy (non-hydrogen) atoms. The van der Waals surface area contributed by atoms with E-state index in [4.69, 9.17) is 20.0 Å². The second-order valence-corrected chi connectivity index (χ2v) is 22.7. The lowest BCUT2D eigenvalue weighted by atomic mass is 9.87. The predicted octanol–water partition coefficient (Wildman–Crippen LogP) is 5.54. The van der Waals surface area contributed by atoms with Crippen LogP contribution >= 0.6 is 22.7 Å². The number of pyridine rings is 2. The van der Waals surface area contributed by atoms with E-state index in [0.717, 1.165) is 51.6 Å². The quantitative estimate of drug-likeness (QED) is 0.109. The molecule has 0 aromatic carbocycles. The SMILES string of the molecule is COc1nc2c(c(NC(=O)N=S(N)(=O)c3cnc(C(C)(C)O)s3)c1C(C)CC1Cc3c(NC(=O)N=S(N)(=O)c4cnc(C(C)(C)O)s4)c(C(C)C)c(=O)n(C)c3C1)CCC2. The summed E-state index contributed by atoms with van der Waals surface area (Å²) in [7, 11) is -4.29. The van der Waals surface area contributed by atoms with Crippen LogP contribution in [0.15, 0.2) is 34.3 Å². The predicted molar refractivity (Wildman–Crippen MR) is 231 cm³/mol. The molecule has 0 fully saturated rings. The molecular formula is C38H52N10O8S4. The standard InChI is InChI=1S/C38H52N10O8S4/c1-18(2)27-30(45-36(51)47-60(40,55)26-17-42-34(58-26)38(6,7)53)22-14-20(15-24(22)48(8)32(27)49)13-19(3)28-29(21-11-10-12-23(21)43-31(28)56-9)44-35(50)46-59(39,54)25-16-41-33(57-25)37(4,5)52/h16-20,52-53H,10-15H2,1-9H3,(H3,40,45,47,51,55)(H3,39,43,44,46,50,54). The van der Waals surface area contributed by atoms with E-state index in [9.17, 15) is 33.0 Å². The number of nitrogens with two attached hydrogens (primary N) is 2. The Bertz CT molecular complexity index is 2690. The molecule has 0 bridgehead atoms. The fourth-order valence-electron chi connectivity index (χ4n) is 7.78. The molecule has 0 radical (unpaired) electrons. The molecule has 4 heterocycles. The summed E-state index contributed by atoms with van der Waals surface area (Å²) in [5.41, 5.74) is 1.91.